The van der Waals surface area contributed by atoms with Crippen LogP contribution in [0, 0.1) is 6.92 Å². The van der Waals surface area contributed by atoms with E-state index in [-0.39, 0.29) is 12.1 Å². The SMILES string of the molecule is Cc1ccc(N2C(=O)c3ccccc3[C@H]2N(C)C)cc1. The van der Waals surface area contributed by atoms with Gasteiger partial charge >= 0.3 is 0 Å². The molecule has 0 aliphatic carbocycles. The third kappa shape index (κ3) is 1.91. The van der Waals surface area contributed by atoms with Crippen LogP contribution in [0.15, 0.2) is 48.5 Å². The summed E-state index contributed by atoms with van der Waals surface area (Å²) in [5.41, 5.74) is 4.00. The third-order valence-electron chi connectivity index (χ3n) is 3.73. The monoisotopic (exact) mass is 266 g/mol. The van der Waals surface area contributed by atoms with Crippen LogP contribution in [-0.2, 0) is 0 Å². The maximum atomic E-state index is 12.7. The maximum Gasteiger partial charge on any atom is 0.260 e. The molecule has 2 aromatic carbocycles. The Morgan fingerprint density at radius 1 is 1.00 bits per heavy atom. The lowest BCUT2D eigenvalue weighted by Gasteiger charge is -2.30. The number of amides is 1. The molecular formula is C17H18N2O. The lowest BCUT2D eigenvalue weighted by Crippen LogP contribution is -2.36. The standard InChI is InChI=1S/C17H18N2O/c1-12-8-10-13(11-9-12)19-16(18(2)3)14-6-4-5-7-15(14)17(19)20/h4-11,16H,1-3H3/t16-/m0/s1. The van der Waals surface area contributed by atoms with Gasteiger partial charge in [-0.15, -0.1) is 0 Å². The molecule has 3 heteroatoms. The Labute approximate surface area is 119 Å². The molecule has 1 atom stereocenters. The second kappa shape index (κ2) is 4.76. The highest BCUT2D eigenvalue weighted by atomic mass is 16.2. The van der Waals surface area contributed by atoms with Crippen molar-refractivity contribution < 1.29 is 4.79 Å². The van der Waals surface area contributed by atoms with Crippen LogP contribution in [0.2, 0.25) is 0 Å². The van der Waals surface area contributed by atoms with E-state index in [1.807, 2.05) is 74.4 Å². The minimum atomic E-state index is -0.0404. The Morgan fingerprint density at radius 2 is 1.65 bits per heavy atom. The Bertz CT molecular complexity index is 646. The quantitative estimate of drug-likeness (QED) is 0.833. The molecular weight excluding hydrogens is 248 g/mol. The molecule has 0 unspecified atom stereocenters. The van der Waals surface area contributed by atoms with Gasteiger partial charge in [0.05, 0.1) is 0 Å². The molecule has 1 heterocycles. The molecule has 20 heavy (non-hydrogen) atoms. The predicted octanol–water partition coefficient (Wildman–Crippen LogP) is 3.22. The average Bonchev–Trinajstić information content (AvgIpc) is 2.74. The summed E-state index contributed by atoms with van der Waals surface area (Å²) in [5, 5.41) is 0. The summed E-state index contributed by atoms with van der Waals surface area (Å²) in [6, 6.07) is 15.9. The summed E-state index contributed by atoms with van der Waals surface area (Å²) >= 11 is 0. The first-order chi connectivity index (χ1) is 9.59. The van der Waals surface area contributed by atoms with Crippen LogP contribution in [0.5, 0.6) is 0 Å². The average molecular weight is 266 g/mol. The summed E-state index contributed by atoms with van der Waals surface area (Å²) in [4.78, 5) is 16.6. The van der Waals surface area contributed by atoms with Crippen molar-refractivity contribution in [3.63, 3.8) is 0 Å². The number of carbonyl (C=O) groups excluding carboxylic acids is 1. The Morgan fingerprint density at radius 3 is 2.30 bits per heavy atom. The molecule has 2 aromatic rings. The molecule has 0 aromatic heterocycles. The lowest BCUT2D eigenvalue weighted by atomic mass is 10.1. The molecule has 0 saturated carbocycles. The third-order valence-corrected chi connectivity index (χ3v) is 3.73. The fourth-order valence-electron chi connectivity index (χ4n) is 2.77. The van der Waals surface area contributed by atoms with Crippen molar-refractivity contribution in [2.75, 3.05) is 19.0 Å². The Balaban J connectivity index is 2.11. The van der Waals surface area contributed by atoms with Crippen molar-refractivity contribution in [3.05, 3.63) is 65.2 Å². The highest BCUT2D eigenvalue weighted by molar-refractivity contribution is 6.10. The van der Waals surface area contributed by atoms with Crippen molar-refractivity contribution in [1.29, 1.82) is 0 Å². The zero-order valence-electron chi connectivity index (χ0n) is 12.0. The maximum absolute atomic E-state index is 12.7. The molecule has 0 spiro atoms. The van der Waals surface area contributed by atoms with Gasteiger partial charge in [0.25, 0.3) is 5.91 Å². The zero-order chi connectivity index (χ0) is 14.3. The van der Waals surface area contributed by atoms with Gasteiger partial charge in [0.1, 0.15) is 6.17 Å². The van der Waals surface area contributed by atoms with Gasteiger partial charge < -0.3 is 0 Å². The van der Waals surface area contributed by atoms with Crippen LogP contribution in [0.3, 0.4) is 0 Å². The smallest absolute Gasteiger partial charge is 0.260 e. The molecule has 0 N–H and O–H groups in total. The van der Waals surface area contributed by atoms with Crippen LogP contribution >= 0.6 is 0 Å². The number of benzene rings is 2. The minimum Gasteiger partial charge on any atom is -0.288 e. The van der Waals surface area contributed by atoms with Gasteiger partial charge in [-0.2, -0.15) is 0 Å². The van der Waals surface area contributed by atoms with E-state index in [9.17, 15) is 4.79 Å². The van der Waals surface area contributed by atoms with Crippen molar-refractivity contribution >= 4 is 11.6 Å². The fourth-order valence-corrected chi connectivity index (χ4v) is 2.77. The number of anilines is 1. The molecule has 0 saturated heterocycles. The van der Waals surface area contributed by atoms with Crippen LogP contribution in [0.4, 0.5) is 5.69 Å². The van der Waals surface area contributed by atoms with Gasteiger partial charge in [-0.25, -0.2) is 0 Å². The van der Waals surface area contributed by atoms with Crippen LogP contribution in [0.25, 0.3) is 0 Å². The number of aryl methyl sites for hydroxylation is 1. The van der Waals surface area contributed by atoms with Crippen molar-refractivity contribution in [2.45, 2.75) is 13.1 Å². The van der Waals surface area contributed by atoms with Gasteiger partial charge in [-0.05, 0) is 39.2 Å². The second-order valence-electron chi connectivity index (χ2n) is 5.44. The molecule has 102 valence electrons. The van der Waals surface area contributed by atoms with Gasteiger partial charge in [0.15, 0.2) is 0 Å². The molecule has 1 amide bonds. The molecule has 1 aliphatic rings. The first kappa shape index (κ1) is 12.9. The van der Waals surface area contributed by atoms with Gasteiger partial charge in [-0.3, -0.25) is 14.6 Å². The topological polar surface area (TPSA) is 23.6 Å². The van der Waals surface area contributed by atoms with E-state index in [2.05, 4.69) is 4.90 Å². The number of fused-ring (bicyclic) bond motifs is 1. The molecule has 0 fully saturated rings. The van der Waals surface area contributed by atoms with Crippen LogP contribution < -0.4 is 4.90 Å². The fraction of sp³-hybridized carbons (Fsp3) is 0.235. The Hall–Kier alpha value is -2.13. The minimum absolute atomic E-state index is 0.0404. The molecule has 0 bridgehead atoms. The van der Waals surface area contributed by atoms with E-state index in [4.69, 9.17) is 0 Å². The number of nitrogens with zero attached hydrogens (tertiary/aromatic N) is 2. The largest absolute Gasteiger partial charge is 0.288 e. The van der Waals surface area contributed by atoms with Gasteiger partial charge in [-0.1, -0.05) is 35.9 Å². The Kier molecular flexibility index (Phi) is 3.07. The summed E-state index contributed by atoms with van der Waals surface area (Å²) in [6.07, 6.45) is -0.0404. The van der Waals surface area contributed by atoms with Crippen molar-refractivity contribution in [2.24, 2.45) is 0 Å². The molecule has 1 aliphatic heterocycles. The van der Waals surface area contributed by atoms with E-state index in [0.717, 1.165) is 16.8 Å². The number of rotatable bonds is 2. The first-order valence-electron chi connectivity index (χ1n) is 6.75. The van der Waals surface area contributed by atoms with Crippen molar-refractivity contribution in [3.8, 4) is 0 Å². The first-order valence-corrected chi connectivity index (χ1v) is 6.75. The highest BCUT2D eigenvalue weighted by Gasteiger charge is 2.38. The summed E-state index contributed by atoms with van der Waals surface area (Å²) < 4.78 is 0. The van der Waals surface area contributed by atoms with Gasteiger partial charge in [0.2, 0.25) is 0 Å². The molecule has 0 radical (unpaired) electrons. The van der Waals surface area contributed by atoms with E-state index in [1.54, 1.807) is 0 Å². The lowest BCUT2D eigenvalue weighted by molar-refractivity contribution is 0.0973. The van der Waals surface area contributed by atoms with E-state index >= 15 is 0 Å². The summed E-state index contributed by atoms with van der Waals surface area (Å²) in [7, 11) is 4.00. The number of hydrogen-bond acceptors (Lipinski definition) is 2. The summed E-state index contributed by atoms with van der Waals surface area (Å²) in [6.45, 7) is 2.05. The normalized spacial score (nSPS) is 17.7. The van der Waals surface area contributed by atoms with E-state index in [1.165, 1.54) is 5.56 Å². The van der Waals surface area contributed by atoms with E-state index < -0.39 is 0 Å². The second-order valence-corrected chi connectivity index (χ2v) is 5.44. The summed E-state index contributed by atoms with van der Waals surface area (Å²) in [5.74, 6) is 0.0724. The van der Waals surface area contributed by atoms with Crippen LogP contribution in [-0.4, -0.2) is 24.9 Å². The zero-order valence-corrected chi connectivity index (χ0v) is 12.0. The number of hydrogen-bond donors (Lipinski definition) is 0. The molecule has 3 rings (SSSR count). The molecule has 3 nitrogen and oxygen atoms in total. The van der Waals surface area contributed by atoms with Gasteiger partial charge in [0, 0.05) is 16.8 Å². The number of carbonyl (C=O) groups is 1. The van der Waals surface area contributed by atoms with Crippen molar-refractivity contribution in [1.82, 2.24) is 4.90 Å². The highest BCUT2D eigenvalue weighted by Crippen LogP contribution is 2.38. The van der Waals surface area contributed by atoms with Crippen LogP contribution in [0.1, 0.15) is 27.7 Å². The van der Waals surface area contributed by atoms with E-state index in [0.29, 0.717) is 0 Å². The predicted molar refractivity (Wildman–Crippen MR) is 80.9 cm³/mol.